The summed E-state index contributed by atoms with van der Waals surface area (Å²) in [5, 5.41) is 11.6. The van der Waals surface area contributed by atoms with Gasteiger partial charge in [0.15, 0.2) is 0 Å². The van der Waals surface area contributed by atoms with Crippen LogP contribution in [0, 0.1) is 0 Å². The lowest BCUT2D eigenvalue weighted by molar-refractivity contribution is -0.137. The summed E-state index contributed by atoms with van der Waals surface area (Å²) in [5.74, 6) is -0.477. The number of hydrogen-bond donors (Lipinski definition) is 2. The Hall–Kier alpha value is -2.18. The SMILES string of the molecule is CNc1ncc(C(=O)N2CCCC[C@H]2CCC(=O)O)cn1. The molecule has 7 heteroatoms. The van der Waals surface area contributed by atoms with Gasteiger partial charge in [0.05, 0.1) is 5.56 Å². The van der Waals surface area contributed by atoms with Crippen LogP contribution in [0.3, 0.4) is 0 Å². The number of hydrogen-bond acceptors (Lipinski definition) is 5. The minimum Gasteiger partial charge on any atom is -0.481 e. The molecule has 1 atom stereocenters. The van der Waals surface area contributed by atoms with Crippen LogP contribution in [-0.2, 0) is 4.79 Å². The van der Waals surface area contributed by atoms with Crippen LogP contribution < -0.4 is 5.32 Å². The molecule has 0 bridgehead atoms. The summed E-state index contributed by atoms with van der Waals surface area (Å²) in [6, 6.07) is -0.00803. The van der Waals surface area contributed by atoms with Crippen LogP contribution in [0.15, 0.2) is 12.4 Å². The third-order valence-corrected chi connectivity index (χ3v) is 3.70. The van der Waals surface area contributed by atoms with E-state index in [1.54, 1.807) is 11.9 Å². The van der Waals surface area contributed by atoms with E-state index in [0.717, 1.165) is 19.3 Å². The van der Waals surface area contributed by atoms with Crippen LogP contribution in [0.1, 0.15) is 42.5 Å². The van der Waals surface area contributed by atoms with E-state index in [4.69, 9.17) is 5.11 Å². The normalized spacial score (nSPS) is 18.3. The van der Waals surface area contributed by atoms with Crippen molar-refractivity contribution in [2.45, 2.75) is 38.1 Å². The van der Waals surface area contributed by atoms with E-state index in [1.807, 2.05) is 0 Å². The Morgan fingerprint density at radius 3 is 2.71 bits per heavy atom. The van der Waals surface area contributed by atoms with Crippen molar-refractivity contribution in [2.75, 3.05) is 18.9 Å². The van der Waals surface area contributed by atoms with Crippen LogP contribution in [0.2, 0.25) is 0 Å². The Morgan fingerprint density at radius 2 is 2.10 bits per heavy atom. The van der Waals surface area contributed by atoms with Crippen molar-refractivity contribution in [3.05, 3.63) is 18.0 Å². The van der Waals surface area contributed by atoms with Crippen LogP contribution in [0.5, 0.6) is 0 Å². The van der Waals surface area contributed by atoms with Crippen LogP contribution in [0.25, 0.3) is 0 Å². The number of carboxylic acid groups (broad SMARTS) is 1. The molecule has 0 spiro atoms. The van der Waals surface area contributed by atoms with Gasteiger partial charge in [0.25, 0.3) is 5.91 Å². The molecule has 0 saturated carbocycles. The molecule has 0 aliphatic carbocycles. The van der Waals surface area contributed by atoms with Crippen LogP contribution in [-0.4, -0.2) is 51.5 Å². The highest BCUT2D eigenvalue weighted by atomic mass is 16.4. The average Bonchev–Trinajstić information content (AvgIpc) is 2.52. The van der Waals surface area contributed by atoms with Gasteiger partial charge < -0.3 is 15.3 Å². The third-order valence-electron chi connectivity index (χ3n) is 3.70. The summed E-state index contributed by atoms with van der Waals surface area (Å²) in [6.45, 7) is 0.664. The summed E-state index contributed by atoms with van der Waals surface area (Å²) in [4.78, 5) is 33.1. The summed E-state index contributed by atoms with van der Waals surface area (Å²) >= 11 is 0. The quantitative estimate of drug-likeness (QED) is 0.851. The van der Waals surface area contributed by atoms with Crippen molar-refractivity contribution in [3.8, 4) is 0 Å². The number of aromatic nitrogens is 2. The average molecular weight is 292 g/mol. The molecule has 1 aromatic rings. The number of nitrogens with one attached hydrogen (secondary N) is 1. The lowest BCUT2D eigenvalue weighted by Gasteiger charge is -2.35. The lowest BCUT2D eigenvalue weighted by Crippen LogP contribution is -2.44. The summed E-state index contributed by atoms with van der Waals surface area (Å²) in [5.41, 5.74) is 0.441. The molecular formula is C14H20N4O3. The first-order valence-electron chi connectivity index (χ1n) is 7.14. The van der Waals surface area contributed by atoms with E-state index in [2.05, 4.69) is 15.3 Å². The molecule has 0 radical (unpaired) electrons. The molecule has 0 unspecified atom stereocenters. The number of carbonyl (C=O) groups is 2. The number of rotatable bonds is 5. The topological polar surface area (TPSA) is 95.4 Å². The zero-order chi connectivity index (χ0) is 15.2. The number of piperidine rings is 1. The fourth-order valence-electron chi connectivity index (χ4n) is 2.59. The second-order valence-corrected chi connectivity index (χ2v) is 5.13. The number of likely N-dealkylation sites (tertiary alicyclic amines) is 1. The molecule has 114 valence electrons. The van der Waals surface area contributed by atoms with Gasteiger partial charge in [-0.1, -0.05) is 0 Å². The van der Waals surface area contributed by atoms with E-state index in [-0.39, 0.29) is 18.4 Å². The van der Waals surface area contributed by atoms with Gasteiger partial charge in [-0.2, -0.15) is 0 Å². The van der Waals surface area contributed by atoms with Gasteiger partial charge in [-0.3, -0.25) is 9.59 Å². The molecule has 2 N–H and O–H groups in total. The Morgan fingerprint density at radius 1 is 1.38 bits per heavy atom. The van der Waals surface area contributed by atoms with Gasteiger partial charge in [-0.05, 0) is 25.7 Å². The van der Waals surface area contributed by atoms with Gasteiger partial charge in [-0.15, -0.1) is 0 Å². The molecule has 2 heterocycles. The largest absolute Gasteiger partial charge is 0.481 e. The fraction of sp³-hybridized carbons (Fsp3) is 0.571. The first-order valence-corrected chi connectivity index (χ1v) is 7.14. The van der Waals surface area contributed by atoms with Crippen molar-refractivity contribution < 1.29 is 14.7 Å². The number of carboxylic acids is 1. The molecule has 1 aliphatic rings. The lowest BCUT2D eigenvalue weighted by atomic mass is 9.97. The molecule has 1 aromatic heterocycles. The smallest absolute Gasteiger partial charge is 0.303 e. The van der Waals surface area contributed by atoms with Crippen LogP contribution >= 0.6 is 0 Å². The molecule has 1 fully saturated rings. The van der Waals surface area contributed by atoms with E-state index in [9.17, 15) is 9.59 Å². The standard InChI is InChI=1S/C14H20N4O3/c1-15-14-16-8-10(9-17-14)13(21)18-7-3-2-4-11(18)5-6-12(19)20/h8-9,11H,2-7H2,1H3,(H,19,20)(H,15,16,17)/t11-/m0/s1. The first kappa shape index (κ1) is 15.2. The Bertz CT molecular complexity index is 503. The van der Waals surface area contributed by atoms with E-state index >= 15 is 0 Å². The number of nitrogens with zero attached hydrogens (tertiary/aromatic N) is 3. The predicted molar refractivity (Wildman–Crippen MR) is 77.1 cm³/mol. The number of carbonyl (C=O) groups excluding carboxylic acids is 1. The molecule has 0 aromatic carbocycles. The van der Waals surface area contributed by atoms with Crippen LogP contribution in [0.4, 0.5) is 5.95 Å². The molecular weight excluding hydrogens is 272 g/mol. The number of amides is 1. The van der Waals surface area contributed by atoms with Gasteiger partial charge in [0, 0.05) is 38.4 Å². The van der Waals surface area contributed by atoms with E-state index in [0.29, 0.717) is 24.5 Å². The summed E-state index contributed by atoms with van der Waals surface area (Å²) < 4.78 is 0. The predicted octanol–water partition coefficient (Wildman–Crippen LogP) is 1.38. The maximum atomic E-state index is 12.5. The Kier molecular flexibility index (Phi) is 5.08. The summed E-state index contributed by atoms with van der Waals surface area (Å²) in [7, 11) is 1.71. The van der Waals surface area contributed by atoms with Gasteiger partial charge in [-0.25, -0.2) is 9.97 Å². The second-order valence-electron chi connectivity index (χ2n) is 5.13. The third kappa shape index (κ3) is 3.90. The minimum absolute atomic E-state index is 0.00803. The second kappa shape index (κ2) is 7.01. The minimum atomic E-state index is -0.824. The molecule has 1 saturated heterocycles. The van der Waals surface area contributed by atoms with E-state index in [1.165, 1.54) is 12.4 Å². The molecule has 2 rings (SSSR count). The monoisotopic (exact) mass is 292 g/mol. The maximum Gasteiger partial charge on any atom is 0.303 e. The molecule has 21 heavy (non-hydrogen) atoms. The highest BCUT2D eigenvalue weighted by Gasteiger charge is 2.28. The van der Waals surface area contributed by atoms with Crippen molar-refractivity contribution in [3.63, 3.8) is 0 Å². The molecule has 1 aliphatic heterocycles. The van der Waals surface area contributed by atoms with Crippen molar-refractivity contribution in [2.24, 2.45) is 0 Å². The number of aliphatic carboxylic acids is 1. The van der Waals surface area contributed by atoms with Crippen molar-refractivity contribution in [1.82, 2.24) is 14.9 Å². The zero-order valence-corrected chi connectivity index (χ0v) is 12.1. The molecule has 1 amide bonds. The van der Waals surface area contributed by atoms with E-state index < -0.39 is 5.97 Å². The Labute approximate surface area is 123 Å². The Balaban J connectivity index is 2.08. The fourth-order valence-corrected chi connectivity index (χ4v) is 2.59. The van der Waals surface area contributed by atoms with Crippen molar-refractivity contribution >= 4 is 17.8 Å². The van der Waals surface area contributed by atoms with Gasteiger partial charge in [0.1, 0.15) is 0 Å². The van der Waals surface area contributed by atoms with Crippen molar-refractivity contribution in [1.29, 1.82) is 0 Å². The number of anilines is 1. The van der Waals surface area contributed by atoms with Gasteiger partial charge in [0.2, 0.25) is 5.95 Å². The first-order chi connectivity index (χ1) is 10.1. The highest BCUT2D eigenvalue weighted by molar-refractivity contribution is 5.94. The molecule has 7 nitrogen and oxygen atoms in total. The van der Waals surface area contributed by atoms with Gasteiger partial charge >= 0.3 is 5.97 Å². The zero-order valence-electron chi connectivity index (χ0n) is 12.1. The maximum absolute atomic E-state index is 12.5. The highest BCUT2D eigenvalue weighted by Crippen LogP contribution is 2.22. The summed E-state index contributed by atoms with van der Waals surface area (Å²) in [6.07, 6.45) is 6.43.